The second kappa shape index (κ2) is 8.75. The van der Waals surface area contributed by atoms with Crippen LogP contribution in [0, 0.1) is 5.82 Å². The fourth-order valence-corrected chi connectivity index (χ4v) is 2.55. The van der Waals surface area contributed by atoms with Gasteiger partial charge in [0.1, 0.15) is 11.6 Å². The Bertz CT molecular complexity index is 904. The molecule has 6 nitrogen and oxygen atoms in total. The minimum Gasteiger partial charge on any atom is -0.353 e. The van der Waals surface area contributed by atoms with Gasteiger partial charge in [-0.2, -0.15) is 4.98 Å². The van der Waals surface area contributed by atoms with Crippen molar-refractivity contribution in [1.82, 2.24) is 19.9 Å². The Labute approximate surface area is 162 Å². The zero-order valence-electron chi connectivity index (χ0n) is 15.1. The molecule has 2 heterocycles. The van der Waals surface area contributed by atoms with Gasteiger partial charge < -0.3 is 15.5 Å². The highest BCUT2D eigenvalue weighted by atomic mass is 35.5. The lowest BCUT2D eigenvalue weighted by Crippen LogP contribution is -2.21. The first-order chi connectivity index (χ1) is 13.0. The average molecular weight is 387 g/mol. The molecule has 0 atom stereocenters. The molecule has 0 radical (unpaired) electrons. The van der Waals surface area contributed by atoms with E-state index in [1.54, 1.807) is 18.5 Å². The smallest absolute Gasteiger partial charge is 0.225 e. The van der Waals surface area contributed by atoms with Crippen LogP contribution in [0.25, 0.3) is 11.3 Å². The molecule has 0 aliphatic carbocycles. The molecule has 0 amide bonds. The molecule has 3 aromatic rings. The molecule has 0 aliphatic rings. The number of likely N-dealkylation sites (N-methyl/N-ethyl adjacent to an activating group) is 1. The van der Waals surface area contributed by atoms with E-state index < -0.39 is 5.82 Å². The SMILES string of the molecule is CN(C)CCNc1nc(Nc2ccc(F)c(Cl)c2)cc(-c2ccncc2)n1. The number of hydrogen-bond acceptors (Lipinski definition) is 6. The third-order valence-electron chi connectivity index (χ3n) is 3.74. The van der Waals surface area contributed by atoms with Gasteiger partial charge >= 0.3 is 0 Å². The highest BCUT2D eigenvalue weighted by molar-refractivity contribution is 6.31. The summed E-state index contributed by atoms with van der Waals surface area (Å²) >= 11 is 5.86. The predicted octanol–water partition coefficient (Wildman–Crippen LogP) is 4.05. The molecule has 3 rings (SSSR count). The van der Waals surface area contributed by atoms with E-state index >= 15 is 0 Å². The van der Waals surface area contributed by atoms with E-state index in [-0.39, 0.29) is 5.02 Å². The third kappa shape index (κ3) is 5.35. The molecule has 2 aromatic heterocycles. The lowest BCUT2D eigenvalue weighted by atomic mass is 10.2. The molecule has 1 aromatic carbocycles. The number of halogens is 2. The summed E-state index contributed by atoms with van der Waals surface area (Å²) in [7, 11) is 4.00. The Morgan fingerprint density at radius 2 is 1.85 bits per heavy atom. The second-order valence-corrected chi connectivity index (χ2v) is 6.59. The van der Waals surface area contributed by atoms with Crippen LogP contribution in [0.5, 0.6) is 0 Å². The van der Waals surface area contributed by atoms with Crippen LogP contribution in [0.4, 0.5) is 21.8 Å². The van der Waals surface area contributed by atoms with Crippen molar-refractivity contribution in [3.63, 3.8) is 0 Å². The van der Waals surface area contributed by atoms with Gasteiger partial charge in [0.05, 0.1) is 10.7 Å². The van der Waals surface area contributed by atoms with Crippen molar-refractivity contribution in [3.05, 3.63) is 59.6 Å². The number of aromatic nitrogens is 3. The van der Waals surface area contributed by atoms with E-state index in [1.165, 1.54) is 12.1 Å². The van der Waals surface area contributed by atoms with Gasteiger partial charge in [0.2, 0.25) is 5.95 Å². The molecule has 140 valence electrons. The number of rotatable bonds is 7. The van der Waals surface area contributed by atoms with Gasteiger partial charge in [0.25, 0.3) is 0 Å². The van der Waals surface area contributed by atoms with Crippen molar-refractivity contribution in [2.75, 3.05) is 37.8 Å². The summed E-state index contributed by atoms with van der Waals surface area (Å²) in [6.07, 6.45) is 3.42. The lowest BCUT2D eigenvalue weighted by Gasteiger charge is -2.13. The highest BCUT2D eigenvalue weighted by Crippen LogP contribution is 2.25. The summed E-state index contributed by atoms with van der Waals surface area (Å²) in [6.45, 7) is 1.55. The van der Waals surface area contributed by atoms with E-state index in [4.69, 9.17) is 11.6 Å². The molecule has 27 heavy (non-hydrogen) atoms. The zero-order chi connectivity index (χ0) is 19.2. The molecule has 0 spiro atoms. The van der Waals surface area contributed by atoms with Crippen LogP contribution in [0.2, 0.25) is 5.02 Å². The van der Waals surface area contributed by atoms with Gasteiger partial charge in [-0.15, -0.1) is 0 Å². The van der Waals surface area contributed by atoms with Crippen molar-refractivity contribution >= 4 is 29.1 Å². The third-order valence-corrected chi connectivity index (χ3v) is 4.03. The van der Waals surface area contributed by atoms with Crippen molar-refractivity contribution in [1.29, 1.82) is 0 Å². The standard InChI is InChI=1S/C19H20ClFN6/c1-27(2)10-9-23-19-25-17(13-5-7-22-8-6-13)12-18(26-19)24-14-3-4-16(21)15(20)11-14/h3-8,11-12H,9-10H2,1-2H3,(H2,23,24,25,26). The van der Waals surface area contributed by atoms with Crippen LogP contribution in [0.15, 0.2) is 48.8 Å². The predicted molar refractivity (Wildman–Crippen MR) is 107 cm³/mol. The quantitative estimate of drug-likeness (QED) is 0.638. The molecule has 0 unspecified atom stereocenters. The fourth-order valence-electron chi connectivity index (χ4n) is 2.37. The summed E-state index contributed by atoms with van der Waals surface area (Å²) < 4.78 is 13.4. The van der Waals surface area contributed by atoms with Gasteiger partial charge in [0, 0.05) is 42.8 Å². The molecule has 0 bridgehead atoms. The monoisotopic (exact) mass is 386 g/mol. The molecule has 0 saturated carbocycles. The number of pyridine rings is 1. The van der Waals surface area contributed by atoms with Gasteiger partial charge in [-0.3, -0.25) is 4.98 Å². The highest BCUT2D eigenvalue weighted by Gasteiger charge is 2.08. The maximum atomic E-state index is 13.4. The van der Waals surface area contributed by atoms with Gasteiger partial charge in [-0.1, -0.05) is 11.6 Å². The van der Waals surface area contributed by atoms with Crippen LogP contribution in [0.3, 0.4) is 0 Å². The average Bonchev–Trinajstić information content (AvgIpc) is 2.65. The van der Waals surface area contributed by atoms with E-state index in [2.05, 4.69) is 30.5 Å². The Morgan fingerprint density at radius 3 is 2.56 bits per heavy atom. The minimum atomic E-state index is -0.464. The number of hydrogen-bond donors (Lipinski definition) is 2. The van der Waals surface area contributed by atoms with E-state index in [0.29, 0.717) is 24.0 Å². The summed E-state index contributed by atoms with van der Waals surface area (Å²) in [5.74, 6) is 0.613. The normalized spacial score (nSPS) is 10.9. The van der Waals surface area contributed by atoms with Gasteiger partial charge in [-0.25, -0.2) is 9.37 Å². The summed E-state index contributed by atoms with van der Waals surface area (Å²) in [5.41, 5.74) is 2.30. The van der Waals surface area contributed by atoms with E-state index in [0.717, 1.165) is 17.8 Å². The Morgan fingerprint density at radius 1 is 1.07 bits per heavy atom. The second-order valence-electron chi connectivity index (χ2n) is 6.18. The van der Waals surface area contributed by atoms with E-state index in [1.807, 2.05) is 32.3 Å². The summed E-state index contributed by atoms with van der Waals surface area (Å²) in [4.78, 5) is 15.2. The van der Waals surface area contributed by atoms with Crippen LogP contribution in [0.1, 0.15) is 0 Å². The molecule has 8 heteroatoms. The largest absolute Gasteiger partial charge is 0.353 e. The Kier molecular flexibility index (Phi) is 6.16. The van der Waals surface area contributed by atoms with Gasteiger partial charge in [-0.05, 0) is 44.4 Å². The van der Waals surface area contributed by atoms with Gasteiger partial charge in [0.15, 0.2) is 0 Å². The number of nitrogens with one attached hydrogen (secondary N) is 2. The number of anilines is 3. The molecular formula is C19H20ClFN6. The topological polar surface area (TPSA) is 66.0 Å². The van der Waals surface area contributed by atoms with Crippen LogP contribution in [-0.2, 0) is 0 Å². The van der Waals surface area contributed by atoms with Crippen molar-refractivity contribution < 1.29 is 4.39 Å². The van der Waals surface area contributed by atoms with Crippen molar-refractivity contribution in [3.8, 4) is 11.3 Å². The molecule has 0 fully saturated rings. The van der Waals surface area contributed by atoms with Crippen LogP contribution in [-0.4, -0.2) is 47.0 Å². The molecule has 0 saturated heterocycles. The first kappa shape index (κ1) is 19.0. The summed E-state index contributed by atoms with van der Waals surface area (Å²) in [6, 6.07) is 10.0. The molecule has 2 N–H and O–H groups in total. The minimum absolute atomic E-state index is 0.0488. The molecular weight excluding hydrogens is 367 g/mol. The Hall–Kier alpha value is -2.77. The van der Waals surface area contributed by atoms with Crippen molar-refractivity contribution in [2.45, 2.75) is 0 Å². The first-order valence-corrected chi connectivity index (χ1v) is 8.79. The van der Waals surface area contributed by atoms with Crippen molar-refractivity contribution in [2.24, 2.45) is 0 Å². The lowest BCUT2D eigenvalue weighted by molar-refractivity contribution is 0.425. The summed E-state index contributed by atoms with van der Waals surface area (Å²) in [5, 5.41) is 6.43. The van der Waals surface area contributed by atoms with E-state index in [9.17, 15) is 4.39 Å². The number of benzene rings is 1. The molecule has 0 aliphatic heterocycles. The van der Waals surface area contributed by atoms with Crippen LogP contribution < -0.4 is 10.6 Å². The fraction of sp³-hybridized carbons (Fsp3) is 0.211. The maximum Gasteiger partial charge on any atom is 0.225 e. The number of nitrogens with zero attached hydrogens (tertiary/aromatic N) is 4. The van der Waals surface area contributed by atoms with Crippen LogP contribution >= 0.6 is 11.6 Å². The first-order valence-electron chi connectivity index (χ1n) is 8.41. The maximum absolute atomic E-state index is 13.4. The Balaban J connectivity index is 1.90. The zero-order valence-corrected chi connectivity index (χ0v) is 15.8.